The number of anilines is 1. The fourth-order valence-electron chi connectivity index (χ4n) is 3.12. The molecule has 118 valence electrons. The minimum atomic E-state index is -0.0683. The van der Waals surface area contributed by atoms with Gasteiger partial charge in [0.2, 0.25) is 11.8 Å². The van der Waals surface area contributed by atoms with Crippen LogP contribution in [0.4, 0.5) is 5.69 Å². The number of hydrogen-bond donors (Lipinski definition) is 1. The van der Waals surface area contributed by atoms with Crippen LogP contribution in [-0.2, 0) is 20.9 Å². The Balaban J connectivity index is 1.60. The monoisotopic (exact) mass is 303 g/mol. The van der Waals surface area contributed by atoms with E-state index in [1.54, 1.807) is 0 Å². The summed E-state index contributed by atoms with van der Waals surface area (Å²) in [6.07, 6.45) is 0.112. The fourth-order valence-corrected chi connectivity index (χ4v) is 3.12. The molecular weight excluding hydrogens is 282 g/mol. The van der Waals surface area contributed by atoms with Crippen LogP contribution < -0.4 is 5.32 Å². The molecule has 2 unspecified atom stereocenters. The molecule has 1 N–H and O–H groups in total. The van der Waals surface area contributed by atoms with Crippen molar-refractivity contribution < 1.29 is 14.3 Å². The third kappa shape index (κ3) is 3.13. The van der Waals surface area contributed by atoms with Crippen molar-refractivity contribution in [2.45, 2.75) is 25.6 Å². The lowest BCUT2D eigenvalue weighted by Crippen LogP contribution is -2.51. The molecule has 0 saturated carbocycles. The summed E-state index contributed by atoms with van der Waals surface area (Å²) in [7, 11) is 1.86. The summed E-state index contributed by atoms with van der Waals surface area (Å²) < 4.78 is 5.64. The number of morpholine rings is 1. The smallest absolute Gasteiger partial charge is 0.248 e. The highest BCUT2D eigenvalue weighted by molar-refractivity contribution is 5.88. The van der Waals surface area contributed by atoms with Crippen LogP contribution in [0.5, 0.6) is 0 Å². The number of carbonyl (C=O) groups excluding carboxylic acids is 2. The number of hydrogen-bond acceptors (Lipinski definition) is 4. The van der Waals surface area contributed by atoms with Gasteiger partial charge in [0, 0.05) is 39.3 Å². The highest BCUT2D eigenvalue weighted by atomic mass is 16.5. The van der Waals surface area contributed by atoms with Crippen molar-refractivity contribution in [2.24, 2.45) is 0 Å². The van der Waals surface area contributed by atoms with Crippen LogP contribution in [0.25, 0.3) is 0 Å². The first-order chi connectivity index (χ1) is 10.5. The van der Waals surface area contributed by atoms with E-state index in [4.69, 9.17) is 4.74 Å². The molecule has 2 amide bonds. The molecule has 3 rings (SSSR count). The van der Waals surface area contributed by atoms with E-state index in [0.29, 0.717) is 0 Å². The van der Waals surface area contributed by atoms with Crippen molar-refractivity contribution in [3.8, 4) is 0 Å². The number of likely N-dealkylation sites (tertiary alicyclic amines) is 1. The summed E-state index contributed by atoms with van der Waals surface area (Å²) in [5.74, 6) is -0.0102. The van der Waals surface area contributed by atoms with Gasteiger partial charge in [0.1, 0.15) is 6.61 Å². The first-order valence-corrected chi connectivity index (χ1v) is 7.49. The van der Waals surface area contributed by atoms with Crippen molar-refractivity contribution >= 4 is 17.5 Å². The molecule has 0 aliphatic carbocycles. The molecule has 2 atom stereocenters. The van der Waals surface area contributed by atoms with Gasteiger partial charge in [0.25, 0.3) is 0 Å². The van der Waals surface area contributed by atoms with Crippen molar-refractivity contribution in [2.75, 3.05) is 32.1 Å². The Morgan fingerprint density at radius 3 is 2.73 bits per heavy atom. The third-order valence-corrected chi connectivity index (χ3v) is 4.30. The first-order valence-electron chi connectivity index (χ1n) is 7.49. The van der Waals surface area contributed by atoms with Crippen LogP contribution in [0.3, 0.4) is 0 Å². The molecule has 22 heavy (non-hydrogen) atoms. The van der Waals surface area contributed by atoms with E-state index in [0.717, 1.165) is 25.3 Å². The summed E-state index contributed by atoms with van der Waals surface area (Å²) in [6.45, 7) is 4.18. The van der Waals surface area contributed by atoms with Gasteiger partial charge < -0.3 is 15.0 Å². The Bertz CT molecular complexity index is 573. The quantitative estimate of drug-likeness (QED) is 0.892. The average Bonchev–Trinajstić information content (AvgIpc) is 2.88. The second-order valence-electron chi connectivity index (χ2n) is 5.99. The van der Waals surface area contributed by atoms with Gasteiger partial charge in [-0.2, -0.15) is 0 Å². The molecule has 1 aromatic carbocycles. The summed E-state index contributed by atoms with van der Waals surface area (Å²) in [6, 6.07) is 8.00. The summed E-state index contributed by atoms with van der Waals surface area (Å²) in [4.78, 5) is 26.8. The molecule has 0 spiro atoms. The minimum absolute atomic E-state index is 0.0581. The Morgan fingerprint density at radius 2 is 2.05 bits per heavy atom. The number of fused-ring (bicyclic) bond motifs is 1. The van der Waals surface area contributed by atoms with Crippen LogP contribution in [0.15, 0.2) is 24.3 Å². The molecule has 2 saturated heterocycles. The number of ether oxygens (including phenoxy) is 1. The van der Waals surface area contributed by atoms with E-state index >= 15 is 0 Å². The number of likely N-dealkylation sites (N-methyl/N-ethyl adjacent to an activating group) is 1. The average molecular weight is 303 g/mol. The van der Waals surface area contributed by atoms with Crippen LogP contribution in [0.2, 0.25) is 0 Å². The van der Waals surface area contributed by atoms with Crippen LogP contribution >= 0.6 is 0 Å². The van der Waals surface area contributed by atoms with Crippen LogP contribution in [0, 0.1) is 0 Å². The van der Waals surface area contributed by atoms with Crippen molar-refractivity contribution in [1.82, 2.24) is 9.80 Å². The maximum Gasteiger partial charge on any atom is 0.248 e. The highest BCUT2D eigenvalue weighted by Gasteiger charge is 2.41. The number of rotatable bonds is 3. The lowest BCUT2D eigenvalue weighted by atomic mass is 10.1. The number of carbonyl (C=O) groups is 2. The molecule has 0 bridgehead atoms. The molecule has 6 heteroatoms. The van der Waals surface area contributed by atoms with Crippen LogP contribution in [0.1, 0.15) is 12.5 Å². The summed E-state index contributed by atoms with van der Waals surface area (Å²) in [5.41, 5.74) is 1.99. The summed E-state index contributed by atoms with van der Waals surface area (Å²) >= 11 is 0. The van der Waals surface area contributed by atoms with Gasteiger partial charge in [-0.3, -0.25) is 14.5 Å². The number of benzene rings is 1. The predicted molar refractivity (Wildman–Crippen MR) is 82.3 cm³/mol. The zero-order chi connectivity index (χ0) is 15.7. The molecule has 0 aromatic heterocycles. The molecule has 2 heterocycles. The lowest BCUT2D eigenvalue weighted by Gasteiger charge is -2.33. The Labute approximate surface area is 130 Å². The van der Waals surface area contributed by atoms with Crippen molar-refractivity contribution in [3.05, 3.63) is 29.8 Å². The highest BCUT2D eigenvalue weighted by Crippen LogP contribution is 2.24. The predicted octanol–water partition coefficient (Wildman–Crippen LogP) is 0.686. The number of nitrogens with zero attached hydrogens (tertiary/aromatic N) is 2. The zero-order valence-electron chi connectivity index (χ0n) is 12.9. The van der Waals surface area contributed by atoms with Gasteiger partial charge in [-0.05, 0) is 17.7 Å². The van der Waals surface area contributed by atoms with Gasteiger partial charge >= 0.3 is 0 Å². The van der Waals surface area contributed by atoms with Gasteiger partial charge in [-0.25, -0.2) is 0 Å². The SMILES string of the molecule is CC(=O)Nc1ccc(CN2CC3OCC(=O)N(C)C3C2)cc1. The van der Waals surface area contributed by atoms with E-state index in [1.807, 2.05) is 36.2 Å². The van der Waals surface area contributed by atoms with Gasteiger partial charge in [-0.15, -0.1) is 0 Å². The minimum Gasteiger partial charge on any atom is -0.365 e. The fraction of sp³-hybridized carbons (Fsp3) is 0.500. The largest absolute Gasteiger partial charge is 0.365 e. The zero-order valence-corrected chi connectivity index (χ0v) is 12.9. The molecule has 1 aromatic rings. The van der Waals surface area contributed by atoms with Gasteiger partial charge in [0.15, 0.2) is 0 Å². The maximum atomic E-state index is 11.7. The number of nitrogens with one attached hydrogen (secondary N) is 1. The Kier molecular flexibility index (Phi) is 4.13. The van der Waals surface area contributed by atoms with Crippen molar-refractivity contribution in [1.29, 1.82) is 0 Å². The second-order valence-corrected chi connectivity index (χ2v) is 5.99. The maximum absolute atomic E-state index is 11.7. The van der Waals surface area contributed by atoms with Gasteiger partial charge in [0.05, 0.1) is 12.1 Å². The molecule has 2 aliphatic heterocycles. The van der Waals surface area contributed by atoms with Gasteiger partial charge in [-0.1, -0.05) is 12.1 Å². The van der Waals surface area contributed by atoms with E-state index in [2.05, 4.69) is 10.2 Å². The molecule has 6 nitrogen and oxygen atoms in total. The molecular formula is C16H21N3O3. The van der Waals surface area contributed by atoms with E-state index in [1.165, 1.54) is 12.5 Å². The van der Waals surface area contributed by atoms with E-state index < -0.39 is 0 Å². The normalized spacial score (nSPS) is 25.2. The summed E-state index contributed by atoms with van der Waals surface area (Å²) in [5, 5.41) is 2.76. The number of amides is 2. The van der Waals surface area contributed by atoms with Crippen LogP contribution in [-0.4, -0.2) is 60.5 Å². The molecule has 2 fully saturated rings. The second kappa shape index (κ2) is 6.06. The van der Waals surface area contributed by atoms with E-state index in [-0.39, 0.29) is 30.6 Å². The first kappa shape index (κ1) is 15.0. The Hall–Kier alpha value is -1.92. The topological polar surface area (TPSA) is 61.9 Å². The lowest BCUT2D eigenvalue weighted by molar-refractivity contribution is -0.150. The molecule has 2 aliphatic rings. The Morgan fingerprint density at radius 1 is 1.32 bits per heavy atom. The third-order valence-electron chi connectivity index (χ3n) is 4.30. The van der Waals surface area contributed by atoms with Crippen molar-refractivity contribution in [3.63, 3.8) is 0 Å². The molecule has 0 radical (unpaired) electrons. The standard InChI is InChI=1S/C16H21N3O3/c1-11(20)17-13-5-3-12(4-6-13)7-19-8-14-15(9-19)22-10-16(21)18(14)2/h3-6,14-15H,7-10H2,1-2H3,(H,17,20). The van der Waals surface area contributed by atoms with E-state index in [9.17, 15) is 9.59 Å².